The molecule has 1 saturated carbocycles. The van der Waals surface area contributed by atoms with Crippen LogP contribution in [0.5, 0.6) is 0 Å². The Morgan fingerprint density at radius 1 is 1.13 bits per heavy atom. The van der Waals surface area contributed by atoms with E-state index in [1.54, 1.807) is 4.31 Å². The van der Waals surface area contributed by atoms with Crippen LogP contribution in [0.4, 0.5) is 0 Å². The van der Waals surface area contributed by atoms with E-state index in [2.05, 4.69) is 10.3 Å². The Labute approximate surface area is 173 Å². The van der Waals surface area contributed by atoms with Crippen LogP contribution in [-0.2, 0) is 35.5 Å². The first kappa shape index (κ1) is 20.8. The zero-order chi connectivity index (χ0) is 21.6. The molecule has 3 heterocycles. The number of piperidine rings is 1. The van der Waals surface area contributed by atoms with E-state index in [0.717, 1.165) is 17.4 Å². The van der Waals surface area contributed by atoms with Crippen LogP contribution < -0.4 is 16.6 Å². The van der Waals surface area contributed by atoms with Gasteiger partial charge in [-0.25, -0.2) is 22.5 Å². The van der Waals surface area contributed by atoms with E-state index in [1.807, 2.05) is 0 Å². The molecule has 1 amide bonds. The molecule has 0 atom stereocenters. The molecule has 2 fully saturated rings. The minimum absolute atomic E-state index is 0.0845. The van der Waals surface area contributed by atoms with Crippen LogP contribution in [0.3, 0.4) is 0 Å². The number of imidazole rings is 1. The number of sulfonamides is 1. The highest BCUT2D eigenvalue weighted by Gasteiger charge is 2.41. The van der Waals surface area contributed by atoms with Gasteiger partial charge in [0.1, 0.15) is 6.54 Å². The summed E-state index contributed by atoms with van der Waals surface area (Å²) in [6, 6.07) is 0. The van der Waals surface area contributed by atoms with E-state index in [1.165, 1.54) is 29.6 Å². The summed E-state index contributed by atoms with van der Waals surface area (Å²) >= 11 is 0. The average Bonchev–Trinajstić information content (AvgIpc) is 3.51. The Morgan fingerprint density at radius 2 is 1.80 bits per heavy atom. The fourth-order valence-electron chi connectivity index (χ4n) is 3.93. The van der Waals surface area contributed by atoms with Crippen molar-refractivity contribution in [2.45, 2.75) is 37.5 Å². The van der Waals surface area contributed by atoms with E-state index in [0.29, 0.717) is 32.5 Å². The molecule has 2 aromatic heterocycles. The van der Waals surface area contributed by atoms with Gasteiger partial charge in [-0.3, -0.25) is 18.7 Å². The predicted octanol–water partition coefficient (Wildman–Crippen LogP) is -1.25. The zero-order valence-corrected chi connectivity index (χ0v) is 17.9. The molecular weight excluding hydrogens is 412 g/mol. The first-order chi connectivity index (χ1) is 14.2. The monoisotopic (exact) mass is 438 g/mol. The van der Waals surface area contributed by atoms with Crippen molar-refractivity contribution in [1.29, 1.82) is 0 Å². The molecule has 4 rings (SSSR count). The van der Waals surface area contributed by atoms with E-state index < -0.39 is 21.3 Å². The summed E-state index contributed by atoms with van der Waals surface area (Å²) in [4.78, 5) is 41.0. The van der Waals surface area contributed by atoms with Crippen LogP contribution in [0, 0.1) is 5.92 Å². The minimum Gasteiger partial charge on any atom is -0.354 e. The van der Waals surface area contributed by atoms with Gasteiger partial charge >= 0.3 is 5.69 Å². The highest BCUT2D eigenvalue weighted by molar-refractivity contribution is 7.90. The van der Waals surface area contributed by atoms with Crippen molar-refractivity contribution < 1.29 is 13.2 Å². The lowest BCUT2D eigenvalue weighted by molar-refractivity contribution is -0.121. The van der Waals surface area contributed by atoms with Crippen molar-refractivity contribution in [3.63, 3.8) is 0 Å². The van der Waals surface area contributed by atoms with Crippen molar-refractivity contribution in [1.82, 2.24) is 28.3 Å². The molecule has 12 heteroatoms. The Bertz CT molecular complexity index is 1200. The Balaban J connectivity index is 1.35. The van der Waals surface area contributed by atoms with Crippen LogP contribution in [0.25, 0.3) is 11.2 Å². The number of nitrogens with zero attached hydrogens (tertiary/aromatic N) is 5. The first-order valence-corrected chi connectivity index (χ1v) is 11.6. The summed E-state index contributed by atoms with van der Waals surface area (Å²) in [5.74, 6) is -0.0499. The molecular formula is C18H26N6O5S. The van der Waals surface area contributed by atoms with Crippen LogP contribution in [-0.4, -0.2) is 62.2 Å². The second-order valence-corrected chi connectivity index (χ2v) is 10.4. The summed E-state index contributed by atoms with van der Waals surface area (Å²) in [5.41, 5.74) is -0.534. The van der Waals surface area contributed by atoms with Gasteiger partial charge in [0, 0.05) is 33.7 Å². The largest absolute Gasteiger partial charge is 0.354 e. The minimum atomic E-state index is -3.13. The molecule has 1 N–H and O–H groups in total. The lowest BCUT2D eigenvalue weighted by Crippen LogP contribution is -2.43. The normalized spacial score (nSPS) is 18.7. The van der Waals surface area contributed by atoms with Crippen LogP contribution >= 0.6 is 0 Å². The smallest absolute Gasteiger partial charge is 0.332 e. The fraction of sp³-hybridized carbons (Fsp3) is 0.667. The second kappa shape index (κ2) is 7.65. The Hall–Kier alpha value is -2.47. The topological polar surface area (TPSA) is 128 Å². The lowest BCUT2D eigenvalue weighted by Gasteiger charge is -2.31. The van der Waals surface area contributed by atoms with Gasteiger partial charge in [-0.05, 0) is 31.6 Å². The third-order valence-corrected chi connectivity index (χ3v) is 8.40. The zero-order valence-electron chi connectivity index (χ0n) is 17.1. The number of fused-ring (bicyclic) bond motifs is 1. The number of aromatic nitrogens is 4. The molecule has 0 bridgehead atoms. The van der Waals surface area contributed by atoms with Crippen molar-refractivity contribution in [3.05, 3.63) is 27.2 Å². The molecule has 11 nitrogen and oxygen atoms in total. The predicted molar refractivity (Wildman–Crippen MR) is 109 cm³/mol. The molecule has 2 aliphatic rings. The highest BCUT2D eigenvalue weighted by atomic mass is 32.2. The number of carbonyl (C=O) groups is 1. The van der Waals surface area contributed by atoms with Gasteiger partial charge in [-0.15, -0.1) is 0 Å². The second-order valence-electron chi connectivity index (χ2n) is 8.14. The summed E-state index contributed by atoms with van der Waals surface area (Å²) < 4.78 is 29.9. The fourth-order valence-corrected chi connectivity index (χ4v) is 5.80. The quantitative estimate of drug-likeness (QED) is 0.600. The van der Waals surface area contributed by atoms with Gasteiger partial charge in [-0.2, -0.15) is 0 Å². The van der Waals surface area contributed by atoms with E-state index in [9.17, 15) is 22.8 Å². The summed E-state index contributed by atoms with van der Waals surface area (Å²) in [6.07, 6.45) is 4.33. The number of aryl methyl sites for hydroxylation is 1. The van der Waals surface area contributed by atoms with Gasteiger partial charge in [0.05, 0.1) is 11.6 Å². The first-order valence-electron chi connectivity index (χ1n) is 10.1. The molecule has 1 aliphatic carbocycles. The average molecular weight is 439 g/mol. The number of carbonyl (C=O) groups excluding carboxylic acids is 1. The van der Waals surface area contributed by atoms with Crippen molar-refractivity contribution in [2.75, 3.05) is 19.6 Å². The van der Waals surface area contributed by atoms with Crippen LogP contribution in [0.2, 0.25) is 0 Å². The number of amides is 1. The van der Waals surface area contributed by atoms with Crippen molar-refractivity contribution >= 4 is 27.1 Å². The van der Waals surface area contributed by atoms with Crippen molar-refractivity contribution in [3.8, 4) is 0 Å². The summed E-state index contributed by atoms with van der Waals surface area (Å²) in [7, 11) is -0.222. The number of hydrogen-bond acceptors (Lipinski definition) is 6. The Kier molecular flexibility index (Phi) is 5.30. The summed E-state index contributed by atoms with van der Waals surface area (Å²) in [5, 5.41) is 2.68. The standard InChI is InChI=1S/C18H26N6O5S/c1-21-16-15(17(26)22(2)18(21)27)23(11-20-16)10-14(25)19-9-12-5-7-24(8-6-12)30(28,29)13-3-4-13/h11-13H,3-10H2,1-2H3,(H,19,25). The maximum absolute atomic E-state index is 12.4. The molecule has 0 spiro atoms. The van der Waals surface area contributed by atoms with Gasteiger partial charge in [0.25, 0.3) is 5.56 Å². The molecule has 0 aromatic carbocycles. The molecule has 2 aromatic rings. The number of nitrogens with one attached hydrogen (secondary N) is 1. The SMILES string of the molecule is Cn1c(=O)c2c(ncn2CC(=O)NCC2CCN(S(=O)(=O)C3CC3)CC2)n(C)c1=O. The van der Waals surface area contributed by atoms with Gasteiger partial charge < -0.3 is 9.88 Å². The molecule has 0 radical (unpaired) electrons. The molecule has 1 saturated heterocycles. The number of rotatable bonds is 6. The highest BCUT2D eigenvalue weighted by Crippen LogP contribution is 2.33. The van der Waals surface area contributed by atoms with E-state index in [4.69, 9.17) is 0 Å². The third-order valence-electron chi connectivity index (χ3n) is 6.00. The molecule has 0 unspecified atom stereocenters. The van der Waals surface area contributed by atoms with Crippen LogP contribution in [0.1, 0.15) is 25.7 Å². The summed E-state index contributed by atoms with van der Waals surface area (Å²) in [6.45, 7) is 1.36. The maximum atomic E-state index is 12.4. The van der Waals surface area contributed by atoms with Gasteiger partial charge in [0.2, 0.25) is 15.9 Å². The van der Waals surface area contributed by atoms with Gasteiger partial charge in [0.15, 0.2) is 11.2 Å². The van der Waals surface area contributed by atoms with E-state index >= 15 is 0 Å². The molecule has 30 heavy (non-hydrogen) atoms. The van der Waals surface area contributed by atoms with Crippen LogP contribution in [0.15, 0.2) is 15.9 Å². The number of hydrogen-bond donors (Lipinski definition) is 1. The Morgan fingerprint density at radius 3 is 2.43 bits per heavy atom. The molecule has 164 valence electrons. The third kappa shape index (κ3) is 3.69. The van der Waals surface area contributed by atoms with E-state index in [-0.39, 0.29) is 34.8 Å². The maximum Gasteiger partial charge on any atom is 0.332 e. The van der Waals surface area contributed by atoms with Gasteiger partial charge in [-0.1, -0.05) is 0 Å². The lowest BCUT2D eigenvalue weighted by atomic mass is 9.98. The van der Waals surface area contributed by atoms with Crippen molar-refractivity contribution in [2.24, 2.45) is 20.0 Å². The molecule has 1 aliphatic heterocycles.